The Morgan fingerprint density at radius 3 is 2.86 bits per heavy atom. The van der Waals surface area contributed by atoms with Gasteiger partial charge in [0, 0.05) is 38.8 Å². The molecule has 0 saturated carbocycles. The molecule has 0 radical (unpaired) electrons. The molecule has 2 amide bonds. The lowest BCUT2D eigenvalue weighted by Crippen LogP contribution is -2.44. The van der Waals surface area contributed by atoms with E-state index in [0.29, 0.717) is 32.8 Å². The number of aryl methyl sites for hydroxylation is 1. The zero-order valence-electron chi connectivity index (χ0n) is 12.2. The van der Waals surface area contributed by atoms with Gasteiger partial charge in [0.15, 0.2) is 0 Å². The molecule has 0 bridgehead atoms. The Hall–Kier alpha value is -1.89. The first-order valence-electron chi connectivity index (χ1n) is 7.38. The van der Waals surface area contributed by atoms with Crippen LogP contribution in [0.1, 0.15) is 13.3 Å². The fraction of sp³-hybridized carbons (Fsp3) is 0.643. The quantitative estimate of drug-likeness (QED) is 0.793. The van der Waals surface area contributed by atoms with Gasteiger partial charge in [-0.15, -0.1) is 0 Å². The van der Waals surface area contributed by atoms with Gasteiger partial charge in [0.2, 0.25) is 11.8 Å². The fourth-order valence-electron chi connectivity index (χ4n) is 2.83. The number of hydrogen-bond donors (Lipinski definition) is 0. The number of nitrogens with zero attached hydrogens (tertiary/aromatic N) is 4. The lowest BCUT2D eigenvalue weighted by atomic mass is 10.1. The van der Waals surface area contributed by atoms with Crippen molar-refractivity contribution in [1.29, 1.82) is 0 Å². The van der Waals surface area contributed by atoms with Crippen LogP contribution < -0.4 is 4.90 Å². The van der Waals surface area contributed by atoms with Gasteiger partial charge in [0.05, 0.1) is 31.0 Å². The summed E-state index contributed by atoms with van der Waals surface area (Å²) in [7, 11) is 0. The molecule has 0 spiro atoms. The zero-order valence-corrected chi connectivity index (χ0v) is 12.2. The molecule has 2 fully saturated rings. The SMILES string of the molecule is CCn1cc(N2C[C@H](C(=O)N3CCOCC3)CC2=O)cn1. The molecule has 1 atom stereocenters. The van der Waals surface area contributed by atoms with Gasteiger partial charge in [-0.3, -0.25) is 14.3 Å². The summed E-state index contributed by atoms with van der Waals surface area (Å²) < 4.78 is 7.03. The van der Waals surface area contributed by atoms with Crippen LogP contribution in [-0.2, 0) is 20.9 Å². The first-order chi connectivity index (χ1) is 10.2. The van der Waals surface area contributed by atoms with Crippen molar-refractivity contribution in [3.8, 4) is 0 Å². The van der Waals surface area contributed by atoms with Gasteiger partial charge >= 0.3 is 0 Å². The zero-order chi connectivity index (χ0) is 14.8. The van der Waals surface area contributed by atoms with Crippen LogP contribution in [0.2, 0.25) is 0 Å². The second-order valence-corrected chi connectivity index (χ2v) is 5.40. The highest BCUT2D eigenvalue weighted by atomic mass is 16.5. The topological polar surface area (TPSA) is 67.7 Å². The number of amides is 2. The average Bonchev–Trinajstić information content (AvgIpc) is 3.13. The van der Waals surface area contributed by atoms with Crippen LogP contribution >= 0.6 is 0 Å². The highest BCUT2D eigenvalue weighted by Gasteiger charge is 2.37. The molecule has 2 aliphatic rings. The minimum absolute atomic E-state index is 0.00253. The minimum atomic E-state index is -0.249. The monoisotopic (exact) mass is 292 g/mol. The molecule has 7 heteroatoms. The predicted molar refractivity (Wildman–Crippen MR) is 75.8 cm³/mol. The van der Waals surface area contributed by atoms with E-state index in [-0.39, 0.29) is 24.2 Å². The van der Waals surface area contributed by atoms with E-state index in [4.69, 9.17) is 4.74 Å². The molecule has 21 heavy (non-hydrogen) atoms. The number of morpholine rings is 1. The van der Waals surface area contributed by atoms with Gasteiger partial charge < -0.3 is 14.5 Å². The smallest absolute Gasteiger partial charge is 0.228 e. The molecule has 7 nitrogen and oxygen atoms in total. The molecule has 0 unspecified atom stereocenters. The molecular formula is C14H20N4O3. The average molecular weight is 292 g/mol. The highest BCUT2D eigenvalue weighted by Crippen LogP contribution is 2.26. The molecule has 2 aliphatic heterocycles. The normalized spacial score (nSPS) is 22.9. The number of rotatable bonds is 3. The summed E-state index contributed by atoms with van der Waals surface area (Å²) in [6.45, 7) is 5.61. The molecule has 2 saturated heterocycles. The Bertz CT molecular complexity index is 536. The largest absolute Gasteiger partial charge is 0.378 e. The van der Waals surface area contributed by atoms with Crippen LogP contribution in [0, 0.1) is 5.92 Å². The van der Waals surface area contributed by atoms with Crippen molar-refractivity contribution in [1.82, 2.24) is 14.7 Å². The van der Waals surface area contributed by atoms with Gasteiger partial charge in [-0.25, -0.2) is 0 Å². The van der Waals surface area contributed by atoms with Gasteiger partial charge in [-0.1, -0.05) is 0 Å². The molecule has 0 aliphatic carbocycles. The Morgan fingerprint density at radius 2 is 2.19 bits per heavy atom. The van der Waals surface area contributed by atoms with E-state index in [1.165, 1.54) is 0 Å². The summed E-state index contributed by atoms with van der Waals surface area (Å²) in [5, 5.41) is 4.18. The molecule has 3 rings (SSSR count). The summed E-state index contributed by atoms with van der Waals surface area (Å²) in [4.78, 5) is 28.1. The van der Waals surface area contributed by atoms with Gasteiger partial charge in [-0.05, 0) is 6.92 Å². The number of aromatic nitrogens is 2. The molecular weight excluding hydrogens is 272 g/mol. The number of ether oxygens (including phenoxy) is 1. The van der Waals surface area contributed by atoms with Crippen molar-refractivity contribution < 1.29 is 14.3 Å². The Balaban J connectivity index is 1.67. The van der Waals surface area contributed by atoms with Gasteiger partial charge in [0.25, 0.3) is 0 Å². The lowest BCUT2D eigenvalue weighted by molar-refractivity contribution is -0.139. The van der Waals surface area contributed by atoms with Crippen molar-refractivity contribution >= 4 is 17.5 Å². The van der Waals surface area contributed by atoms with E-state index < -0.39 is 0 Å². The molecule has 0 aromatic carbocycles. The van der Waals surface area contributed by atoms with Crippen molar-refractivity contribution in [2.45, 2.75) is 19.9 Å². The number of carbonyl (C=O) groups is 2. The minimum Gasteiger partial charge on any atom is -0.378 e. The summed E-state index contributed by atoms with van der Waals surface area (Å²) >= 11 is 0. The maximum Gasteiger partial charge on any atom is 0.228 e. The predicted octanol–water partition coefficient (Wildman–Crippen LogP) is 0.115. The van der Waals surface area contributed by atoms with Crippen LogP contribution in [0.25, 0.3) is 0 Å². The van der Waals surface area contributed by atoms with Crippen LogP contribution in [-0.4, -0.2) is 59.3 Å². The second kappa shape index (κ2) is 5.85. The van der Waals surface area contributed by atoms with Crippen LogP contribution in [0.4, 0.5) is 5.69 Å². The Morgan fingerprint density at radius 1 is 1.43 bits per heavy atom. The van der Waals surface area contributed by atoms with Crippen LogP contribution in [0.5, 0.6) is 0 Å². The highest BCUT2D eigenvalue weighted by molar-refractivity contribution is 6.00. The molecule has 1 aromatic heterocycles. The van der Waals surface area contributed by atoms with Crippen LogP contribution in [0.15, 0.2) is 12.4 Å². The third-order valence-electron chi connectivity index (χ3n) is 4.05. The van der Waals surface area contributed by atoms with Gasteiger partial charge in [0.1, 0.15) is 0 Å². The van der Waals surface area contributed by atoms with E-state index >= 15 is 0 Å². The molecule has 0 N–H and O–H groups in total. The van der Waals surface area contributed by atoms with Crippen molar-refractivity contribution in [3.05, 3.63) is 12.4 Å². The molecule has 3 heterocycles. The van der Waals surface area contributed by atoms with E-state index in [2.05, 4.69) is 5.10 Å². The number of anilines is 1. The maximum atomic E-state index is 12.5. The molecule has 1 aromatic rings. The lowest BCUT2D eigenvalue weighted by Gasteiger charge is -2.28. The van der Waals surface area contributed by atoms with E-state index in [9.17, 15) is 9.59 Å². The standard InChI is InChI=1S/C14H20N4O3/c1-2-17-10-12(8-15-17)18-9-11(7-13(18)19)14(20)16-3-5-21-6-4-16/h8,10-11H,2-7,9H2,1H3/t11-/m1/s1. The first kappa shape index (κ1) is 14.1. The fourth-order valence-corrected chi connectivity index (χ4v) is 2.83. The van der Waals surface area contributed by atoms with Crippen molar-refractivity contribution in [2.24, 2.45) is 5.92 Å². The summed E-state index contributed by atoms with van der Waals surface area (Å²) in [6.07, 6.45) is 3.82. The third-order valence-corrected chi connectivity index (χ3v) is 4.05. The molecule has 114 valence electrons. The summed E-state index contributed by atoms with van der Waals surface area (Å²) in [5.41, 5.74) is 0.777. The second-order valence-electron chi connectivity index (χ2n) is 5.40. The van der Waals surface area contributed by atoms with Crippen molar-refractivity contribution in [3.63, 3.8) is 0 Å². The van der Waals surface area contributed by atoms with Crippen LogP contribution in [0.3, 0.4) is 0 Å². The van der Waals surface area contributed by atoms with E-state index in [1.807, 2.05) is 13.1 Å². The Kier molecular flexibility index (Phi) is 3.92. The number of carbonyl (C=O) groups excluding carboxylic acids is 2. The Labute approximate surface area is 123 Å². The van der Waals surface area contributed by atoms with Gasteiger partial charge in [-0.2, -0.15) is 5.10 Å². The van der Waals surface area contributed by atoms with Crippen molar-refractivity contribution in [2.75, 3.05) is 37.7 Å². The summed E-state index contributed by atoms with van der Waals surface area (Å²) in [6, 6.07) is 0. The maximum absolute atomic E-state index is 12.5. The third kappa shape index (κ3) is 2.78. The van der Waals surface area contributed by atoms with E-state index in [1.54, 1.807) is 20.7 Å². The summed E-state index contributed by atoms with van der Waals surface area (Å²) in [5.74, 6) is -0.185. The van der Waals surface area contributed by atoms with E-state index in [0.717, 1.165) is 12.2 Å². The number of hydrogen-bond acceptors (Lipinski definition) is 4. The first-order valence-corrected chi connectivity index (χ1v) is 7.38.